The second-order valence-electron chi connectivity index (χ2n) is 5.25. The summed E-state index contributed by atoms with van der Waals surface area (Å²) in [6.07, 6.45) is 6.80. The third-order valence-electron chi connectivity index (χ3n) is 3.60. The maximum Gasteiger partial charge on any atom is 0.247 e. The van der Waals surface area contributed by atoms with E-state index in [-0.39, 0.29) is 5.91 Å². The molecule has 0 unspecified atom stereocenters. The van der Waals surface area contributed by atoms with E-state index < -0.39 is 0 Å². The zero-order valence-electron chi connectivity index (χ0n) is 13.4. The fraction of sp³-hybridized carbons (Fsp3) is 0.278. The Hall–Kier alpha value is -2.69. The van der Waals surface area contributed by atoms with Gasteiger partial charge in [0.2, 0.25) is 5.91 Å². The smallest absolute Gasteiger partial charge is 0.247 e. The van der Waals surface area contributed by atoms with Crippen LogP contribution in [0.3, 0.4) is 0 Å². The minimum Gasteiger partial charge on any atom is -0.356 e. The van der Waals surface area contributed by atoms with Gasteiger partial charge in [0.05, 0.1) is 0 Å². The Labute approximate surface area is 136 Å². The second-order valence-corrected chi connectivity index (χ2v) is 5.25. The van der Waals surface area contributed by atoms with Crippen molar-refractivity contribution in [1.82, 2.24) is 4.98 Å². The van der Waals surface area contributed by atoms with Crippen LogP contribution in [0.5, 0.6) is 0 Å². The lowest BCUT2D eigenvalue weighted by Gasteiger charge is -2.18. The van der Waals surface area contributed by atoms with Gasteiger partial charge in [-0.05, 0) is 61.7 Å². The monoisotopic (exact) mass is 310 g/mol. The van der Waals surface area contributed by atoms with Crippen molar-refractivity contribution < 1.29 is 4.79 Å². The molecule has 1 aliphatic rings. The highest BCUT2D eigenvalue weighted by Gasteiger charge is 2.16. The van der Waals surface area contributed by atoms with Gasteiger partial charge >= 0.3 is 0 Å². The first-order valence-electron chi connectivity index (χ1n) is 7.71. The zero-order chi connectivity index (χ0) is 16.7. The molecule has 1 fully saturated rings. The lowest BCUT2D eigenvalue weighted by molar-refractivity contribution is -0.111. The van der Waals surface area contributed by atoms with Crippen LogP contribution < -0.4 is 10.2 Å². The second kappa shape index (κ2) is 8.08. The molecule has 1 aromatic carbocycles. The van der Waals surface area contributed by atoms with E-state index >= 15 is 0 Å². The summed E-state index contributed by atoms with van der Waals surface area (Å²) in [4.78, 5) is 18.2. The molecule has 0 radical (unpaired) electrons. The minimum absolute atomic E-state index is 0.196. The molecule has 2 heterocycles. The van der Waals surface area contributed by atoms with Crippen LogP contribution in [0, 0.1) is 5.41 Å². The van der Waals surface area contributed by atoms with E-state index in [2.05, 4.69) is 21.8 Å². The van der Waals surface area contributed by atoms with Crippen molar-refractivity contribution >= 4 is 34.4 Å². The molecule has 1 saturated heterocycles. The molecule has 1 amide bonds. The van der Waals surface area contributed by atoms with Gasteiger partial charge in [-0.3, -0.25) is 4.79 Å². The van der Waals surface area contributed by atoms with Crippen molar-refractivity contribution in [2.75, 3.05) is 23.3 Å². The van der Waals surface area contributed by atoms with E-state index in [4.69, 9.17) is 5.41 Å². The van der Waals surface area contributed by atoms with Crippen LogP contribution in [0.1, 0.15) is 19.8 Å². The standard InChI is InChI=1S/C16H17N3O.C2H5N/c1-2-15(20)18-13-5-6-14-12(11-13)7-8-17-16(14)19-9-3-4-10-19;1-2-3/h2,5-8,11H,1,3-4,9-10H2,(H,18,20);2-3H,1H3. The number of nitrogens with one attached hydrogen (secondary N) is 2. The topological polar surface area (TPSA) is 69.1 Å². The maximum atomic E-state index is 11.3. The number of carbonyl (C=O) groups is 1. The SMILES string of the molecule is C=CC(=O)Nc1ccc2c(N3CCCC3)nccc2c1.CC=N. The molecule has 0 spiro atoms. The highest BCUT2D eigenvalue weighted by Crippen LogP contribution is 2.28. The number of hydrogen-bond acceptors (Lipinski definition) is 4. The van der Waals surface area contributed by atoms with Gasteiger partial charge in [-0.2, -0.15) is 0 Å². The van der Waals surface area contributed by atoms with Crippen molar-refractivity contribution in [2.45, 2.75) is 19.8 Å². The van der Waals surface area contributed by atoms with Crippen LogP contribution in [0.25, 0.3) is 10.8 Å². The van der Waals surface area contributed by atoms with Gasteiger partial charge in [0.25, 0.3) is 0 Å². The molecule has 2 N–H and O–H groups in total. The third kappa shape index (κ3) is 4.16. The largest absolute Gasteiger partial charge is 0.356 e. The molecular weight excluding hydrogens is 288 g/mol. The van der Waals surface area contributed by atoms with Gasteiger partial charge in [0, 0.05) is 30.4 Å². The number of pyridine rings is 1. The third-order valence-corrected chi connectivity index (χ3v) is 3.60. The van der Waals surface area contributed by atoms with Crippen molar-refractivity contribution in [3.05, 3.63) is 43.1 Å². The number of rotatable bonds is 3. The molecule has 2 aromatic rings. The molecule has 5 nitrogen and oxygen atoms in total. The van der Waals surface area contributed by atoms with Crippen molar-refractivity contribution in [3.63, 3.8) is 0 Å². The van der Waals surface area contributed by atoms with Crippen LogP contribution in [0.15, 0.2) is 43.1 Å². The summed E-state index contributed by atoms with van der Waals surface area (Å²) in [5.74, 6) is 0.847. The molecule has 3 rings (SSSR count). The summed E-state index contributed by atoms with van der Waals surface area (Å²) in [5, 5.41) is 11.1. The number of carbonyl (C=O) groups excluding carboxylic acids is 1. The quantitative estimate of drug-likeness (QED) is 0.672. The van der Waals surface area contributed by atoms with Gasteiger partial charge in [-0.1, -0.05) is 6.58 Å². The summed E-state index contributed by atoms with van der Waals surface area (Å²) in [5.41, 5.74) is 0.779. The molecule has 0 atom stereocenters. The minimum atomic E-state index is -0.196. The summed E-state index contributed by atoms with van der Waals surface area (Å²) >= 11 is 0. The Morgan fingerprint density at radius 1 is 1.35 bits per heavy atom. The molecule has 1 aliphatic heterocycles. The number of benzene rings is 1. The maximum absolute atomic E-state index is 11.3. The van der Waals surface area contributed by atoms with Gasteiger partial charge in [0.15, 0.2) is 0 Å². The molecule has 0 bridgehead atoms. The number of fused-ring (bicyclic) bond motifs is 1. The van der Waals surface area contributed by atoms with E-state index in [1.807, 2.05) is 30.5 Å². The van der Waals surface area contributed by atoms with Gasteiger partial charge in [-0.15, -0.1) is 0 Å². The van der Waals surface area contributed by atoms with Crippen molar-refractivity contribution in [3.8, 4) is 0 Å². The van der Waals surface area contributed by atoms with E-state index in [0.29, 0.717) is 0 Å². The fourth-order valence-corrected chi connectivity index (χ4v) is 2.61. The highest BCUT2D eigenvalue weighted by atomic mass is 16.1. The first kappa shape index (κ1) is 16.7. The predicted molar refractivity (Wildman–Crippen MR) is 96.5 cm³/mol. The molecule has 120 valence electrons. The number of anilines is 2. The number of hydrogen-bond donors (Lipinski definition) is 2. The van der Waals surface area contributed by atoms with Gasteiger partial charge in [0.1, 0.15) is 5.82 Å². The Kier molecular flexibility index (Phi) is 5.86. The van der Waals surface area contributed by atoms with Crippen molar-refractivity contribution in [2.24, 2.45) is 0 Å². The lowest BCUT2D eigenvalue weighted by Crippen LogP contribution is -2.19. The lowest BCUT2D eigenvalue weighted by atomic mass is 10.1. The Balaban J connectivity index is 0.000000595. The van der Waals surface area contributed by atoms with E-state index in [1.54, 1.807) is 6.92 Å². The van der Waals surface area contributed by atoms with Crippen LogP contribution >= 0.6 is 0 Å². The summed E-state index contributed by atoms with van der Waals surface area (Å²) < 4.78 is 0. The normalized spacial score (nSPS) is 13.2. The first-order valence-corrected chi connectivity index (χ1v) is 7.71. The zero-order valence-corrected chi connectivity index (χ0v) is 13.4. The highest BCUT2D eigenvalue weighted by molar-refractivity contribution is 6.01. The van der Waals surface area contributed by atoms with Crippen molar-refractivity contribution in [1.29, 1.82) is 5.41 Å². The number of nitrogens with zero attached hydrogens (tertiary/aromatic N) is 2. The average molecular weight is 310 g/mol. The summed E-state index contributed by atoms with van der Waals surface area (Å²) in [6.45, 7) is 7.26. The number of amides is 1. The Morgan fingerprint density at radius 2 is 2.04 bits per heavy atom. The average Bonchev–Trinajstić information content (AvgIpc) is 3.09. The first-order chi connectivity index (χ1) is 11.2. The molecule has 1 aromatic heterocycles. The molecule has 5 heteroatoms. The predicted octanol–water partition coefficient (Wildman–Crippen LogP) is 3.62. The van der Waals surface area contributed by atoms with E-state index in [9.17, 15) is 4.79 Å². The number of aromatic nitrogens is 1. The fourth-order valence-electron chi connectivity index (χ4n) is 2.61. The summed E-state index contributed by atoms with van der Waals surface area (Å²) in [6, 6.07) is 7.87. The molecular formula is C18H22N4O. The Morgan fingerprint density at radius 3 is 2.70 bits per heavy atom. The van der Waals surface area contributed by atoms with Crippen LogP contribution in [-0.4, -0.2) is 30.2 Å². The molecule has 0 aliphatic carbocycles. The van der Waals surface area contributed by atoms with Gasteiger partial charge in [-0.25, -0.2) is 4.98 Å². The van der Waals surface area contributed by atoms with Gasteiger partial charge < -0.3 is 15.6 Å². The summed E-state index contributed by atoms with van der Waals surface area (Å²) in [7, 11) is 0. The molecule has 0 saturated carbocycles. The Bertz CT molecular complexity index is 705. The molecule has 23 heavy (non-hydrogen) atoms. The van der Waals surface area contributed by atoms with Crippen LogP contribution in [0.2, 0.25) is 0 Å². The van der Waals surface area contributed by atoms with Crippen LogP contribution in [0.4, 0.5) is 11.5 Å². The van der Waals surface area contributed by atoms with E-state index in [0.717, 1.165) is 35.4 Å². The van der Waals surface area contributed by atoms with E-state index in [1.165, 1.54) is 25.1 Å². The van der Waals surface area contributed by atoms with Crippen LogP contribution in [-0.2, 0) is 4.79 Å².